The molecule has 0 saturated heterocycles. The molecule has 21 heavy (non-hydrogen) atoms. The highest BCUT2D eigenvalue weighted by atomic mass is 127. The molecule has 4 nitrogen and oxygen atoms in total. The molecule has 0 spiro atoms. The standard InChI is InChI=1S/C15H14IO4P/c1-9-3-4-14-11(5-9)8-12-6-10(2)7-13(16)15(12)20-21(17,18)19-14/h3-7H,8H2,1-2H3,(H,17,18). The molecule has 0 aliphatic carbocycles. The first kappa shape index (κ1) is 14.9. The van der Waals surface area contributed by atoms with Gasteiger partial charge in [0.15, 0.2) is 0 Å². The Bertz CT molecular complexity index is 773. The van der Waals surface area contributed by atoms with E-state index >= 15 is 0 Å². The van der Waals surface area contributed by atoms with E-state index in [0.717, 1.165) is 25.8 Å². The third kappa shape index (κ3) is 3.10. The molecule has 0 fully saturated rings. The van der Waals surface area contributed by atoms with Crippen molar-refractivity contribution in [2.75, 3.05) is 0 Å². The van der Waals surface area contributed by atoms with E-state index in [-0.39, 0.29) is 0 Å². The molecule has 1 aliphatic heterocycles. The minimum absolute atomic E-state index is 0.397. The summed E-state index contributed by atoms with van der Waals surface area (Å²) >= 11 is 2.11. The Labute approximate surface area is 136 Å². The zero-order valence-corrected chi connectivity index (χ0v) is 14.6. The summed E-state index contributed by atoms with van der Waals surface area (Å²) in [6, 6.07) is 9.43. The van der Waals surface area contributed by atoms with Crippen LogP contribution in [-0.2, 0) is 11.0 Å². The van der Waals surface area contributed by atoms with Gasteiger partial charge in [0.05, 0.1) is 3.57 Å². The van der Waals surface area contributed by atoms with Gasteiger partial charge in [0.2, 0.25) is 0 Å². The molecule has 2 aromatic carbocycles. The third-order valence-corrected chi connectivity index (χ3v) is 4.92. The monoisotopic (exact) mass is 416 g/mol. The van der Waals surface area contributed by atoms with Crippen molar-refractivity contribution < 1.29 is 18.5 Å². The number of hydrogen-bond donors (Lipinski definition) is 1. The van der Waals surface area contributed by atoms with Crippen molar-refractivity contribution >= 4 is 30.4 Å². The molecule has 0 bridgehead atoms. The number of fused-ring (bicyclic) bond motifs is 2. The second-order valence-electron chi connectivity index (χ2n) is 5.17. The molecule has 2 aromatic rings. The van der Waals surface area contributed by atoms with Crippen LogP contribution in [0.25, 0.3) is 0 Å². The number of hydrogen-bond acceptors (Lipinski definition) is 3. The summed E-state index contributed by atoms with van der Waals surface area (Å²) in [6.45, 7) is 3.97. The highest BCUT2D eigenvalue weighted by Crippen LogP contribution is 2.50. The Morgan fingerprint density at radius 2 is 1.81 bits per heavy atom. The Morgan fingerprint density at radius 1 is 1.10 bits per heavy atom. The lowest BCUT2D eigenvalue weighted by Gasteiger charge is -2.23. The van der Waals surface area contributed by atoms with Gasteiger partial charge in [0, 0.05) is 12.0 Å². The van der Waals surface area contributed by atoms with E-state index in [1.54, 1.807) is 6.07 Å². The average molecular weight is 416 g/mol. The topological polar surface area (TPSA) is 55.8 Å². The number of aryl methyl sites for hydroxylation is 2. The minimum atomic E-state index is -4.18. The fourth-order valence-electron chi connectivity index (χ4n) is 2.43. The van der Waals surface area contributed by atoms with Gasteiger partial charge < -0.3 is 9.05 Å². The first-order valence-corrected chi connectivity index (χ1v) is 9.02. The quantitative estimate of drug-likeness (QED) is 0.512. The highest BCUT2D eigenvalue weighted by Gasteiger charge is 2.31. The summed E-state index contributed by atoms with van der Waals surface area (Å²) in [7, 11) is -4.18. The summed E-state index contributed by atoms with van der Waals surface area (Å²) in [5, 5.41) is 0. The fraction of sp³-hybridized carbons (Fsp3) is 0.200. The predicted octanol–water partition coefficient (Wildman–Crippen LogP) is 4.37. The first-order valence-electron chi connectivity index (χ1n) is 6.44. The van der Waals surface area contributed by atoms with E-state index in [2.05, 4.69) is 22.6 Å². The van der Waals surface area contributed by atoms with Crippen LogP contribution >= 0.6 is 30.4 Å². The molecule has 3 rings (SSSR count). The summed E-state index contributed by atoms with van der Waals surface area (Å²) in [5.74, 6) is 0.827. The SMILES string of the molecule is Cc1ccc2c(c1)Cc1cc(C)cc(I)c1OP(=O)(O)O2. The van der Waals surface area contributed by atoms with E-state index in [4.69, 9.17) is 9.05 Å². The molecule has 110 valence electrons. The maximum atomic E-state index is 12.2. The lowest BCUT2D eigenvalue weighted by Crippen LogP contribution is -2.09. The number of benzene rings is 2. The van der Waals surface area contributed by atoms with E-state index in [1.165, 1.54) is 0 Å². The number of halogens is 1. The average Bonchev–Trinajstić information content (AvgIpc) is 2.35. The Morgan fingerprint density at radius 3 is 2.57 bits per heavy atom. The summed E-state index contributed by atoms with van der Waals surface area (Å²) < 4.78 is 23.4. The second kappa shape index (κ2) is 5.30. The third-order valence-electron chi connectivity index (χ3n) is 3.28. The fourth-order valence-corrected chi connectivity index (χ4v) is 4.47. The van der Waals surface area contributed by atoms with Crippen LogP contribution in [0, 0.1) is 17.4 Å². The van der Waals surface area contributed by atoms with Crippen molar-refractivity contribution in [3.8, 4) is 11.5 Å². The molecule has 0 saturated carbocycles. The van der Waals surface area contributed by atoms with E-state index < -0.39 is 7.82 Å². The number of rotatable bonds is 0. The van der Waals surface area contributed by atoms with Crippen LogP contribution in [-0.4, -0.2) is 4.89 Å². The van der Waals surface area contributed by atoms with Gasteiger partial charge in [0.1, 0.15) is 11.5 Å². The molecule has 1 atom stereocenters. The minimum Gasteiger partial charge on any atom is -0.395 e. The zero-order chi connectivity index (χ0) is 15.2. The molecular formula is C15H14IO4P. The van der Waals surface area contributed by atoms with Crippen LogP contribution < -0.4 is 9.05 Å². The molecule has 1 aliphatic rings. The Kier molecular flexibility index (Phi) is 3.76. The van der Waals surface area contributed by atoms with Crippen LogP contribution in [0.1, 0.15) is 22.3 Å². The molecular weight excluding hydrogens is 402 g/mol. The molecule has 6 heteroatoms. The predicted molar refractivity (Wildman–Crippen MR) is 89.0 cm³/mol. The molecule has 0 radical (unpaired) electrons. The van der Waals surface area contributed by atoms with Crippen LogP contribution in [0.4, 0.5) is 0 Å². The smallest absolute Gasteiger partial charge is 0.395 e. The second-order valence-corrected chi connectivity index (χ2v) is 7.64. The van der Waals surface area contributed by atoms with Crippen molar-refractivity contribution in [2.24, 2.45) is 0 Å². The van der Waals surface area contributed by atoms with E-state index in [0.29, 0.717) is 17.9 Å². The number of phosphoric ester groups is 1. The van der Waals surface area contributed by atoms with Crippen LogP contribution in [0.15, 0.2) is 30.3 Å². The largest absolute Gasteiger partial charge is 0.584 e. The lowest BCUT2D eigenvalue weighted by molar-refractivity contribution is 0.286. The highest BCUT2D eigenvalue weighted by molar-refractivity contribution is 14.1. The normalized spacial score (nSPS) is 20.4. The summed E-state index contributed by atoms with van der Waals surface area (Å²) in [5.41, 5.74) is 3.94. The van der Waals surface area contributed by atoms with Gasteiger partial charge in [-0.2, -0.15) is 0 Å². The Hall–Kier alpha value is -1.04. The van der Waals surface area contributed by atoms with Gasteiger partial charge in [-0.05, 0) is 59.7 Å². The van der Waals surface area contributed by atoms with Crippen molar-refractivity contribution in [1.82, 2.24) is 0 Å². The molecule has 1 unspecified atom stereocenters. The summed E-state index contributed by atoms with van der Waals surface area (Å²) in [4.78, 5) is 9.94. The van der Waals surface area contributed by atoms with Gasteiger partial charge in [0.25, 0.3) is 0 Å². The maximum absolute atomic E-state index is 12.2. The summed E-state index contributed by atoms with van der Waals surface area (Å²) in [6.07, 6.45) is 0.601. The van der Waals surface area contributed by atoms with Crippen LogP contribution in [0.3, 0.4) is 0 Å². The molecule has 1 N–H and O–H groups in total. The van der Waals surface area contributed by atoms with Gasteiger partial charge in [-0.1, -0.05) is 23.8 Å². The maximum Gasteiger partial charge on any atom is 0.584 e. The van der Waals surface area contributed by atoms with Crippen LogP contribution in [0.2, 0.25) is 0 Å². The van der Waals surface area contributed by atoms with Crippen molar-refractivity contribution in [2.45, 2.75) is 20.3 Å². The van der Waals surface area contributed by atoms with E-state index in [9.17, 15) is 9.46 Å². The van der Waals surface area contributed by atoms with Crippen molar-refractivity contribution in [1.29, 1.82) is 0 Å². The molecule has 1 heterocycles. The molecule has 0 amide bonds. The van der Waals surface area contributed by atoms with E-state index in [1.807, 2.05) is 38.1 Å². The zero-order valence-electron chi connectivity index (χ0n) is 11.6. The van der Waals surface area contributed by atoms with Gasteiger partial charge in [-0.3, -0.25) is 4.89 Å². The van der Waals surface area contributed by atoms with Crippen LogP contribution in [0.5, 0.6) is 11.5 Å². The molecule has 0 aromatic heterocycles. The van der Waals surface area contributed by atoms with Gasteiger partial charge in [-0.15, -0.1) is 0 Å². The van der Waals surface area contributed by atoms with Gasteiger partial charge >= 0.3 is 7.82 Å². The van der Waals surface area contributed by atoms with Crippen molar-refractivity contribution in [3.63, 3.8) is 0 Å². The first-order chi connectivity index (χ1) is 9.84. The van der Waals surface area contributed by atoms with Crippen molar-refractivity contribution in [3.05, 3.63) is 56.2 Å². The Balaban J connectivity index is 2.23. The lowest BCUT2D eigenvalue weighted by atomic mass is 10.00. The number of phosphoric acid groups is 1. The van der Waals surface area contributed by atoms with Gasteiger partial charge in [-0.25, -0.2) is 4.57 Å².